The Kier molecular flexibility index (Phi) is 15.1. The minimum atomic E-state index is -2.68. The SMILES string of the molecule is CC(C)(C)C(O)CC(O)C(C)(C)[CH2][Y]([CH2]C(C)(C)C(O)CC(O)C(C)(C)C)[CH2]C(C)(C)C(O)CC(O)C(C)(C)C. The van der Waals surface area contributed by atoms with Crippen molar-refractivity contribution in [2.75, 3.05) is 0 Å². The molecule has 0 spiro atoms. The zero-order valence-corrected chi connectivity index (χ0v) is 31.8. The third-order valence-electron chi connectivity index (χ3n) is 9.49. The van der Waals surface area contributed by atoms with Crippen LogP contribution in [0.2, 0.25) is 9.69 Å². The van der Waals surface area contributed by atoms with Crippen LogP contribution in [0.25, 0.3) is 0 Å². The Balaban J connectivity index is 6.10. The molecule has 6 N–H and O–H groups in total. The van der Waals surface area contributed by atoms with Gasteiger partial charge in [-0.1, -0.05) is 0 Å². The summed E-state index contributed by atoms with van der Waals surface area (Å²) in [6.45, 7) is 30.3. The van der Waals surface area contributed by atoms with Gasteiger partial charge >= 0.3 is 260 Å². The Bertz CT molecular complexity index is 644. The van der Waals surface area contributed by atoms with Crippen molar-refractivity contribution in [2.45, 2.75) is 169 Å². The van der Waals surface area contributed by atoms with E-state index in [0.29, 0.717) is 19.3 Å². The molecule has 0 amide bonds. The second kappa shape index (κ2) is 14.8. The van der Waals surface area contributed by atoms with E-state index in [1.807, 2.05) is 62.3 Å². The number of rotatable bonds is 15. The molecule has 0 aromatic rings. The predicted molar refractivity (Wildman–Crippen MR) is 164 cm³/mol. The summed E-state index contributed by atoms with van der Waals surface area (Å²) in [5.41, 5.74) is -2.24. The maximum atomic E-state index is 11.3. The van der Waals surface area contributed by atoms with Crippen LogP contribution in [0.3, 0.4) is 0 Å². The van der Waals surface area contributed by atoms with Gasteiger partial charge in [0.25, 0.3) is 0 Å². The van der Waals surface area contributed by atoms with Crippen LogP contribution in [0.15, 0.2) is 0 Å². The van der Waals surface area contributed by atoms with Crippen LogP contribution in [0, 0.1) is 32.5 Å². The fourth-order valence-corrected chi connectivity index (χ4v) is 19.6. The van der Waals surface area contributed by atoms with Crippen molar-refractivity contribution >= 4 is 0 Å². The molecular formula is C33H69O6Y. The average molecular weight is 651 g/mol. The number of aliphatic hydroxyl groups is 6. The zero-order valence-electron chi connectivity index (χ0n) is 29.0. The molecule has 0 aliphatic rings. The Morgan fingerprint density at radius 1 is 0.350 bits per heavy atom. The molecule has 0 heterocycles. The van der Waals surface area contributed by atoms with E-state index in [9.17, 15) is 30.6 Å². The van der Waals surface area contributed by atoms with Crippen molar-refractivity contribution in [3.63, 3.8) is 0 Å². The van der Waals surface area contributed by atoms with Gasteiger partial charge in [-0.2, -0.15) is 0 Å². The second-order valence-electron chi connectivity index (χ2n) is 18.3. The first-order chi connectivity index (χ1) is 17.4. The van der Waals surface area contributed by atoms with E-state index in [2.05, 4.69) is 41.5 Å². The van der Waals surface area contributed by atoms with Crippen LogP contribution in [0.1, 0.15) is 123 Å². The summed E-state index contributed by atoms with van der Waals surface area (Å²) in [5, 5.41) is 66.0. The van der Waals surface area contributed by atoms with Crippen LogP contribution in [-0.2, 0) is 27.4 Å². The van der Waals surface area contributed by atoms with Gasteiger partial charge in [0.15, 0.2) is 0 Å². The van der Waals surface area contributed by atoms with E-state index >= 15 is 0 Å². The monoisotopic (exact) mass is 650 g/mol. The van der Waals surface area contributed by atoms with Gasteiger partial charge in [-0.25, -0.2) is 0 Å². The molecule has 0 aliphatic heterocycles. The fourth-order valence-electron chi connectivity index (χ4n) is 5.51. The van der Waals surface area contributed by atoms with Crippen LogP contribution >= 0.6 is 0 Å². The molecule has 7 heteroatoms. The van der Waals surface area contributed by atoms with Gasteiger partial charge in [-0.05, 0) is 0 Å². The van der Waals surface area contributed by atoms with E-state index in [4.69, 9.17) is 0 Å². The first-order valence-corrected chi connectivity index (χ1v) is 21.5. The summed E-state index contributed by atoms with van der Waals surface area (Å²) in [7, 11) is 0. The van der Waals surface area contributed by atoms with Gasteiger partial charge in [0, 0.05) is 0 Å². The van der Waals surface area contributed by atoms with Crippen LogP contribution in [-0.4, -0.2) is 67.3 Å². The van der Waals surface area contributed by atoms with Gasteiger partial charge in [-0.15, -0.1) is 0 Å². The van der Waals surface area contributed by atoms with Crippen molar-refractivity contribution in [1.82, 2.24) is 0 Å². The van der Waals surface area contributed by atoms with Crippen molar-refractivity contribution in [2.24, 2.45) is 32.5 Å². The molecule has 0 bridgehead atoms. The van der Waals surface area contributed by atoms with Crippen LogP contribution in [0.4, 0.5) is 0 Å². The second-order valence-corrected chi connectivity index (χ2v) is 25.6. The predicted octanol–water partition coefficient (Wildman–Crippen LogP) is 6.41. The van der Waals surface area contributed by atoms with Crippen LogP contribution in [0.5, 0.6) is 0 Å². The minimum absolute atomic E-state index is 0.308. The third-order valence-corrected chi connectivity index (χ3v) is 21.5. The van der Waals surface area contributed by atoms with Gasteiger partial charge in [-0.3, -0.25) is 0 Å². The van der Waals surface area contributed by atoms with Crippen molar-refractivity contribution in [3.8, 4) is 0 Å². The zero-order chi connectivity index (χ0) is 32.3. The molecule has 240 valence electrons. The Labute approximate surface area is 258 Å². The van der Waals surface area contributed by atoms with Gasteiger partial charge in [0.05, 0.1) is 0 Å². The third kappa shape index (κ3) is 13.7. The van der Waals surface area contributed by atoms with Crippen molar-refractivity contribution in [1.29, 1.82) is 0 Å². The van der Waals surface area contributed by atoms with E-state index in [0.717, 1.165) is 9.69 Å². The Morgan fingerprint density at radius 2 is 0.525 bits per heavy atom. The molecule has 0 saturated carbocycles. The van der Waals surface area contributed by atoms with Crippen molar-refractivity contribution in [3.05, 3.63) is 0 Å². The summed E-state index contributed by atoms with van der Waals surface area (Å²) in [5.74, 6) is 0. The normalized spacial score (nSPS) is 19.1. The molecule has 0 aromatic carbocycles. The Hall–Kier alpha value is 0.864. The molecule has 6 atom stereocenters. The molecule has 0 fully saturated rings. The first-order valence-electron chi connectivity index (χ1n) is 15.5. The van der Waals surface area contributed by atoms with E-state index in [1.54, 1.807) is 0 Å². The molecule has 0 aromatic heterocycles. The summed E-state index contributed by atoms with van der Waals surface area (Å²) < 4.78 is 2.55. The molecular weight excluding hydrogens is 581 g/mol. The molecule has 40 heavy (non-hydrogen) atoms. The fraction of sp³-hybridized carbons (Fsp3) is 1.00. The van der Waals surface area contributed by atoms with Gasteiger partial charge in [0.2, 0.25) is 0 Å². The van der Waals surface area contributed by atoms with E-state index < -0.39 is 80.3 Å². The molecule has 0 rings (SSSR count). The van der Waals surface area contributed by atoms with Gasteiger partial charge < -0.3 is 0 Å². The summed E-state index contributed by atoms with van der Waals surface area (Å²) in [6, 6.07) is 0. The summed E-state index contributed by atoms with van der Waals surface area (Å²) in [6.07, 6.45) is -2.96. The molecule has 6 unspecified atom stereocenters. The molecule has 0 saturated heterocycles. The van der Waals surface area contributed by atoms with E-state index in [1.165, 1.54) is 0 Å². The van der Waals surface area contributed by atoms with Crippen molar-refractivity contribution < 1.29 is 58.1 Å². The molecule has 6 nitrogen and oxygen atoms in total. The number of hydrogen-bond donors (Lipinski definition) is 6. The van der Waals surface area contributed by atoms with E-state index in [-0.39, 0.29) is 16.2 Å². The van der Waals surface area contributed by atoms with Crippen LogP contribution < -0.4 is 0 Å². The quantitative estimate of drug-likeness (QED) is 0.122. The average Bonchev–Trinajstić information content (AvgIpc) is 2.70. The Morgan fingerprint density at radius 3 is 0.675 bits per heavy atom. The standard InChI is InChI=1S/3C11H23O2.Y/c3*1-10(2,3)8(12)7-9(13)11(4,5)6;/h3*8-9,12-13H,1,7H2,2-6H3;. The van der Waals surface area contributed by atoms with Gasteiger partial charge in [0.1, 0.15) is 0 Å². The summed E-state index contributed by atoms with van der Waals surface area (Å²) >= 11 is -2.68. The molecule has 0 aliphatic carbocycles. The first kappa shape index (κ1) is 40.9. The topological polar surface area (TPSA) is 121 Å². The maximum absolute atomic E-state index is 11.3. The number of hydrogen-bond acceptors (Lipinski definition) is 6. The molecule has 0 radical (unpaired) electrons. The summed E-state index contributed by atoms with van der Waals surface area (Å²) in [4.78, 5) is 0. The number of aliphatic hydroxyl groups excluding tert-OH is 6.